The molecule has 0 aromatic heterocycles. The van der Waals surface area contributed by atoms with Crippen LogP contribution in [0.25, 0.3) is 0 Å². The fourth-order valence-corrected chi connectivity index (χ4v) is 0.655. The normalized spacial score (nSPS) is 8.77. The zero-order chi connectivity index (χ0) is 9.82. The smallest absolute Gasteiger partial charge is 0.332 e. The fraction of sp³-hybridized carbons (Fsp3) is 0.833. The van der Waals surface area contributed by atoms with Crippen molar-refractivity contribution in [2.24, 2.45) is 5.92 Å². The van der Waals surface area contributed by atoms with E-state index in [1.807, 2.05) is 0 Å². The fourth-order valence-electron chi connectivity index (χ4n) is 0.655. The molecule has 0 aliphatic carbocycles. The third kappa shape index (κ3) is 32.3. The van der Waals surface area contributed by atoms with Gasteiger partial charge in [0.05, 0.1) is 0 Å². The first-order valence-corrected chi connectivity index (χ1v) is 5.30. The van der Waals surface area contributed by atoms with Crippen molar-refractivity contribution in [1.82, 2.24) is 0 Å². The molecule has 0 bridgehead atoms. The van der Waals surface area contributed by atoms with Gasteiger partial charge in [-0.1, -0.05) is 40.5 Å². The monoisotopic (exact) mass is 194 g/mol. The Labute approximate surface area is 102 Å². The van der Waals surface area contributed by atoms with E-state index >= 15 is 0 Å². The summed E-state index contributed by atoms with van der Waals surface area (Å²) < 4.78 is 0. The molecular formula is C12H26Mg. The van der Waals surface area contributed by atoms with Crippen LogP contribution in [0.3, 0.4) is 0 Å². The van der Waals surface area contributed by atoms with Crippen molar-refractivity contribution in [2.45, 2.75) is 60.3 Å². The van der Waals surface area contributed by atoms with Crippen LogP contribution in [0, 0.1) is 18.8 Å². The Morgan fingerprint density at radius 1 is 1.15 bits per heavy atom. The molecule has 0 N–H and O–H groups in total. The molecule has 0 atom stereocenters. The van der Waals surface area contributed by atoms with Crippen molar-refractivity contribution in [2.75, 3.05) is 0 Å². The number of unbranched alkanes of at least 4 members (excludes halogenated alkanes) is 3. The summed E-state index contributed by atoms with van der Waals surface area (Å²) in [6, 6.07) is 0. The van der Waals surface area contributed by atoms with Crippen molar-refractivity contribution in [1.29, 1.82) is 0 Å². The van der Waals surface area contributed by atoms with Crippen LogP contribution in [-0.4, -0.2) is 23.1 Å². The van der Waals surface area contributed by atoms with Crippen LogP contribution in [-0.2, 0) is 0 Å². The Morgan fingerprint density at radius 2 is 1.62 bits per heavy atom. The van der Waals surface area contributed by atoms with Gasteiger partial charge in [-0.05, 0) is 0 Å². The molecule has 0 aliphatic rings. The summed E-state index contributed by atoms with van der Waals surface area (Å²) in [5.41, 5.74) is 0. The summed E-state index contributed by atoms with van der Waals surface area (Å²) in [7, 11) is 0. The minimum Gasteiger partial charge on any atom is -0.332 e. The maximum absolute atomic E-state index is 2.38. The van der Waals surface area contributed by atoms with E-state index in [4.69, 9.17) is 0 Å². The van der Waals surface area contributed by atoms with Gasteiger partial charge in [-0.2, -0.15) is 25.7 Å². The average Bonchev–Trinajstić information content (AvgIpc) is 2.05. The number of hydrogen-bond donors (Lipinski definition) is 0. The van der Waals surface area contributed by atoms with Gasteiger partial charge < -0.3 is 12.8 Å². The van der Waals surface area contributed by atoms with Crippen LogP contribution in [0.1, 0.15) is 60.3 Å². The Kier molecular flexibility index (Phi) is 27.6. The summed E-state index contributed by atoms with van der Waals surface area (Å²) in [5.74, 6) is 0.779. The van der Waals surface area contributed by atoms with E-state index in [1.54, 1.807) is 0 Å². The molecule has 0 saturated heterocycles. The van der Waals surface area contributed by atoms with Crippen LogP contribution >= 0.6 is 0 Å². The van der Waals surface area contributed by atoms with Gasteiger partial charge in [0.1, 0.15) is 0 Å². The molecule has 1 heteroatoms. The standard InChI is InChI=1S/C8H17.C4H9.Mg/c1-4-5-6-7-8(2)3;1-3-4-2;/h7-8H,4-6H2,1-3H3;3H,4H2,1-2H3;/q2*-1;+2. The zero-order valence-electron chi connectivity index (χ0n) is 10.3. The van der Waals surface area contributed by atoms with Gasteiger partial charge in [-0.15, -0.1) is 0 Å². The first-order chi connectivity index (χ1) is 5.68. The van der Waals surface area contributed by atoms with Gasteiger partial charge in [0.2, 0.25) is 0 Å². The van der Waals surface area contributed by atoms with Gasteiger partial charge in [0, 0.05) is 0 Å². The molecule has 0 aromatic rings. The Hall–Kier alpha value is 0.766. The van der Waals surface area contributed by atoms with Gasteiger partial charge in [-0.25, -0.2) is 0 Å². The molecule has 0 nitrogen and oxygen atoms in total. The van der Waals surface area contributed by atoms with Crippen LogP contribution in [0.5, 0.6) is 0 Å². The summed E-state index contributed by atoms with van der Waals surface area (Å²) in [4.78, 5) is 0. The number of hydrogen-bond acceptors (Lipinski definition) is 0. The Bertz CT molecular complexity index is 58.1. The third-order valence-corrected chi connectivity index (χ3v) is 1.60. The van der Waals surface area contributed by atoms with Crippen molar-refractivity contribution in [3.63, 3.8) is 0 Å². The molecular weight excluding hydrogens is 168 g/mol. The maximum Gasteiger partial charge on any atom is 2.00 e. The molecule has 0 heterocycles. The molecule has 0 unspecified atom stereocenters. The minimum atomic E-state index is 0. The molecule has 0 fully saturated rings. The van der Waals surface area contributed by atoms with Crippen LogP contribution in [0.4, 0.5) is 0 Å². The average molecular weight is 195 g/mol. The van der Waals surface area contributed by atoms with Gasteiger partial charge >= 0.3 is 23.1 Å². The molecule has 0 amide bonds. The van der Waals surface area contributed by atoms with Crippen molar-refractivity contribution in [3.05, 3.63) is 12.8 Å². The predicted molar refractivity (Wildman–Crippen MR) is 64.7 cm³/mol. The topological polar surface area (TPSA) is 0 Å². The summed E-state index contributed by atoms with van der Waals surface area (Å²) in [6.07, 6.45) is 9.68. The van der Waals surface area contributed by atoms with Crippen LogP contribution < -0.4 is 0 Å². The van der Waals surface area contributed by atoms with Crippen molar-refractivity contribution < 1.29 is 0 Å². The summed E-state index contributed by atoms with van der Waals surface area (Å²) >= 11 is 0. The summed E-state index contributed by atoms with van der Waals surface area (Å²) in [6.45, 7) is 10.9. The van der Waals surface area contributed by atoms with E-state index in [-0.39, 0.29) is 23.1 Å². The molecule has 0 radical (unpaired) electrons. The first kappa shape index (κ1) is 19.4. The predicted octanol–water partition coefficient (Wildman–Crippen LogP) is 4.28. The van der Waals surface area contributed by atoms with E-state index in [9.17, 15) is 0 Å². The SMILES string of the molecule is CCCC[CH-]C(C)C.C[CH-]CC.[Mg+2]. The minimum absolute atomic E-state index is 0. The molecule has 0 rings (SSSR count). The van der Waals surface area contributed by atoms with E-state index < -0.39 is 0 Å². The van der Waals surface area contributed by atoms with Gasteiger partial charge in [0.15, 0.2) is 0 Å². The quantitative estimate of drug-likeness (QED) is 0.348. The molecule has 0 spiro atoms. The third-order valence-electron chi connectivity index (χ3n) is 1.60. The van der Waals surface area contributed by atoms with Gasteiger partial charge in [0.25, 0.3) is 0 Å². The van der Waals surface area contributed by atoms with Gasteiger partial charge in [-0.3, -0.25) is 0 Å². The maximum atomic E-state index is 2.38. The molecule has 76 valence electrons. The van der Waals surface area contributed by atoms with E-state index in [2.05, 4.69) is 47.5 Å². The molecule has 0 aromatic carbocycles. The second-order valence-electron chi connectivity index (χ2n) is 3.44. The van der Waals surface area contributed by atoms with Crippen LogP contribution in [0.15, 0.2) is 0 Å². The summed E-state index contributed by atoms with van der Waals surface area (Å²) in [5, 5.41) is 0. The van der Waals surface area contributed by atoms with E-state index in [0.29, 0.717) is 0 Å². The largest absolute Gasteiger partial charge is 2.00 e. The second-order valence-corrected chi connectivity index (χ2v) is 3.44. The van der Waals surface area contributed by atoms with Crippen molar-refractivity contribution in [3.8, 4) is 0 Å². The number of rotatable bonds is 5. The Morgan fingerprint density at radius 3 is 1.85 bits per heavy atom. The van der Waals surface area contributed by atoms with Crippen LogP contribution in [0.2, 0.25) is 0 Å². The Balaban J connectivity index is -0.000000173. The second kappa shape index (κ2) is 18.5. The zero-order valence-corrected chi connectivity index (χ0v) is 11.7. The van der Waals surface area contributed by atoms with E-state index in [0.717, 1.165) is 5.92 Å². The van der Waals surface area contributed by atoms with Crippen molar-refractivity contribution >= 4 is 23.1 Å². The molecule has 0 aliphatic heterocycles. The van der Waals surface area contributed by atoms with E-state index in [1.165, 1.54) is 25.7 Å². The first-order valence-electron chi connectivity index (χ1n) is 5.30. The molecule has 13 heavy (non-hydrogen) atoms. The molecule has 0 saturated carbocycles.